The molecule has 2 rings (SSSR count). The summed E-state index contributed by atoms with van der Waals surface area (Å²) in [6.07, 6.45) is 1.58. The number of benzene rings is 1. The zero-order valence-electron chi connectivity index (χ0n) is 8.51. The second kappa shape index (κ2) is 4.98. The number of nitrogens with two attached hydrogens (primary N) is 1. The van der Waals surface area contributed by atoms with Crippen LogP contribution in [0.1, 0.15) is 0 Å². The number of ether oxygens (including phenoxy) is 1. The Labute approximate surface area is 101 Å². The standard InChI is InChI=1S/C10H11BrN4O/c11-8-1-3-9(4-2-8)16-6-5-15-7-13-10(12)14-15/h1-4,7H,5-6H2,(H2,12,14). The summed E-state index contributed by atoms with van der Waals surface area (Å²) in [4.78, 5) is 3.82. The van der Waals surface area contributed by atoms with Crippen molar-refractivity contribution >= 4 is 21.9 Å². The van der Waals surface area contributed by atoms with Crippen LogP contribution in [-0.4, -0.2) is 21.4 Å². The highest BCUT2D eigenvalue weighted by atomic mass is 79.9. The number of hydrogen-bond acceptors (Lipinski definition) is 4. The van der Waals surface area contributed by atoms with E-state index in [-0.39, 0.29) is 5.95 Å². The van der Waals surface area contributed by atoms with Gasteiger partial charge in [-0.3, -0.25) is 0 Å². The Bertz CT molecular complexity index is 454. The molecule has 0 atom stereocenters. The monoisotopic (exact) mass is 282 g/mol. The largest absolute Gasteiger partial charge is 0.492 e. The summed E-state index contributed by atoms with van der Waals surface area (Å²) in [6.45, 7) is 1.16. The average Bonchev–Trinajstić information content (AvgIpc) is 2.67. The minimum absolute atomic E-state index is 0.281. The molecular weight excluding hydrogens is 272 g/mol. The molecular formula is C10H11BrN4O. The lowest BCUT2D eigenvalue weighted by Gasteiger charge is -2.05. The minimum Gasteiger partial charge on any atom is -0.492 e. The summed E-state index contributed by atoms with van der Waals surface area (Å²) in [5.74, 6) is 1.11. The lowest BCUT2D eigenvalue weighted by molar-refractivity contribution is 0.291. The van der Waals surface area contributed by atoms with Crippen LogP contribution in [0.25, 0.3) is 0 Å². The summed E-state index contributed by atoms with van der Waals surface area (Å²) >= 11 is 3.36. The first-order chi connectivity index (χ1) is 7.74. The van der Waals surface area contributed by atoms with Crippen molar-refractivity contribution in [2.75, 3.05) is 12.3 Å². The zero-order chi connectivity index (χ0) is 11.4. The predicted octanol–water partition coefficient (Wildman–Crippen LogP) is 1.70. The van der Waals surface area contributed by atoms with Gasteiger partial charge in [0.05, 0.1) is 6.54 Å². The van der Waals surface area contributed by atoms with Crippen LogP contribution < -0.4 is 10.5 Å². The van der Waals surface area contributed by atoms with Gasteiger partial charge in [0.1, 0.15) is 18.7 Å². The van der Waals surface area contributed by atoms with Crippen LogP contribution in [0.2, 0.25) is 0 Å². The lowest BCUT2D eigenvalue weighted by Crippen LogP contribution is -2.08. The lowest BCUT2D eigenvalue weighted by atomic mass is 10.3. The number of anilines is 1. The van der Waals surface area contributed by atoms with Gasteiger partial charge in [-0.25, -0.2) is 9.67 Å². The van der Waals surface area contributed by atoms with Gasteiger partial charge in [0, 0.05) is 4.47 Å². The molecule has 16 heavy (non-hydrogen) atoms. The van der Waals surface area contributed by atoms with Crippen molar-refractivity contribution in [3.05, 3.63) is 35.1 Å². The Morgan fingerprint density at radius 1 is 1.31 bits per heavy atom. The highest BCUT2D eigenvalue weighted by Crippen LogP contribution is 2.15. The smallest absolute Gasteiger partial charge is 0.239 e. The van der Waals surface area contributed by atoms with E-state index in [4.69, 9.17) is 10.5 Å². The second-order valence-corrected chi connectivity index (χ2v) is 4.08. The van der Waals surface area contributed by atoms with E-state index in [9.17, 15) is 0 Å². The molecule has 1 aromatic carbocycles. The molecule has 84 valence electrons. The van der Waals surface area contributed by atoms with Gasteiger partial charge in [-0.05, 0) is 24.3 Å². The van der Waals surface area contributed by atoms with Gasteiger partial charge in [-0.2, -0.15) is 0 Å². The average molecular weight is 283 g/mol. The molecule has 0 saturated heterocycles. The van der Waals surface area contributed by atoms with Crippen LogP contribution in [0.15, 0.2) is 35.1 Å². The molecule has 2 aromatic rings. The van der Waals surface area contributed by atoms with Crippen LogP contribution in [0, 0.1) is 0 Å². The molecule has 6 heteroatoms. The van der Waals surface area contributed by atoms with E-state index in [1.807, 2.05) is 24.3 Å². The first-order valence-electron chi connectivity index (χ1n) is 4.77. The molecule has 0 unspecified atom stereocenters. The molecule has 5 nitrogen and oxygen atoms in total. The van der Waals surface area contributed by atoms with Crippen molar-refractivity contribution in [3.8, 4) is 5.75 Å². The molecule has 0 aliphatic rings. The minimum atomic E-state index is 0.281. The fourth-order valence-corrected chi connectivity index (χ4v) is 1.47. The summed E-state index contributed by atoms with van der Waals surface area (Å²) in [5.41, 5.74) is 5.39. The van der Waals surface area contributed by atoms with Gasteiger partial charge >= 0.3 is 0 Å². The highest BCUT2D eigenvalue weighted by Gasteiger charge is 1.97. The Hall–Kier alpha value is -1.56. The van der Waals surface area contributed by atoms with Crippen molar-refractivity contribution in [1.29, 1.82) is 0 Å². The van der Waals surface area contributed by atoms with Crippen LogP contribution >= 0.6 is 15.9 Å². The number of halogens is 1. The van der Waals surface area contributed by atoms with Crippen molar-refractivity contribution in [2.24, 2.45) is 0 Å². The molecule has 0 amide bonds. The number of hydrogen-bond donors (Lipinski definition) is 1. The molecule has 0 aliphatic carbocycles. The first-order valence-corrected chi connectivity index (χ1v) is 5.56. The highest BCUT2D eigenvalue weighted by molar-refractivity contribution is 9.10. The van der Waals surface area contributed by atoms with Gasteiger partial charge in [-0.15, -0.1) is 5.10 Å². The predicted molar refractivity (Wildman–Crippen MR) is 64.1 cm³/mol. The third-order valence-corrected chi connectivity index (χ3v) is 2.49. The number of nitrogen functional groups attached to an aromatic ring is 1. The topological polar surface area (TPSA) is 66.0 Å². The van der Waals surface area contributed by atoms with Crippen LogP contribution in [0.5, 0.6) is 5.75 Å². The van der Waals surface area contributed by atoms with Crippen molar-refractivity contribution in [2.45, 2.75) is 6.54 Å². The van der Waals surface area contributed by atoms with Gasteiger partial charge < -0.3 is 10.5 Å². The third-order valence-electron chi connectivity index (χ3n) is 1.96. The summed E-state index contributed by atoms with van der Waals surface area (Å²) in [5, 5.41) is 3.95. The molecule has 0 radical (unpaired) electrons. The zero-order valence-corrected chi connectivity index (χ0v) is 10.1. The molecule has 0 aliphatic heterocycles. The van der Waals surface area contributed by atoms with E-state index < -0.39 is 0 Å². The van der Waals surface area contributed by atoms with E-state index >= 15 is 0 Å². The maximum atomic E-state index is 5.52. The Kier molecular flexibility index (Phi) is 3.40. The normalized spacial score (nSPS) is 10.3. The van der Waals surface area contributed by atoms with Gasteiger partial charge in [0.2, 0.25) is 5.95 Å². The molecule has 0 fully saturated rings. The summed E-state index contributed by atoms with van der Waals surface area (Å²) in [6, 6.07) is 7.67. The maximum Gasteiger partial charge on any atom is 0.239 e. The second-order valence-electron chi connectivity index (χ2n) is 3.17. The number of rotatable bonds is 4. The van der Waals surface area contributed by atoms with E-state index in [0.717, 1.165) is 10.2 Å². The van der Waals surface area contributed by atoms with Gasteiger partial charge in [0.15, 0.2) is 0 Å². The van der Waals surface area contributed by atoms with E-state index in [1.165, 1.54) is 0 Å². The molecule has 0 bridgehead atoms. The SMILES string of the molecule is Nc1ncn(CCOc2ccc(Br)cc2)n1. The first kappa shape index (κ1) is 10.9. The van der Waals surface area contributed by atoms with Crippen molar-refractivity contribution < 1.29 is 4.74 Å². The van der Waals surface area contributed by atoms with Crippen molar-refractivity contribution in [3.63, 3.8) is 0 Å². The third kappa shape index (κ3) is 2.96. The fraction of sp³-hybridized carbons (Fsp3) is 0.200. The Morgan fingerprint density at radius 2 is 2.06 bits per heavy atom. The van der Waals surface area contributed by atoms with E-state index in [2.05, 4.69) is 26.0 Å². The number of aromatic nitrogens is 3. The van der Waals surface area contributed by atoms with Crippen LogP contribution in [-0.2, 0) is 6.54 Å². The van der Waals surface area contributed by atoms with Gasteiger partial charge in [0.25, 0.3) is 0 Å². The van der Waals surface area contributed by atoms with E-state index in [1.54, 1.807) is 11.0 Å². The fourth-order valence-electron chi connectivity index (χ4n) is 1.20. The maximum absolute atomic E-state index is 5.52. The number of nitrogens with zero attached hydrogens (tertiary/aromatic N) is 3. The van der Waals surface area contributed by atoms with Gasteiger partial charge in [-0.1, -0.05) is 15.9 Å². The quantitative estimate of drug-likeness (QED) is 0.927. The van der Waals surface area contributed by atoms with Crippen LogP contribution in [0.4, 0.5) is 5.95 Å². The Morgan fingerprint density at radius 3 is 2.69 bits per heavy atom. The van der Waals surface area contributed by atoms with Crippen LogP contribution in [0.3, 0.4) is 0 Å². The Balaban J connectivity index is 1.82. The molecule has 1 aromatic heterocycles. The van der Waals surface area contributed by atoms with E-state index in [0.29, 0.717) is 13.2 Å². The molecule has 0 saturated carbocycles. The van der Waals surface area contributed by atoms with Crippen molar-refractivity contribution in [1.82, 2.24) is 14.8 Å². The molecule has 2 N–H and O–H groups in total. The summed E-state index contributed by atoms with van der Waals surface area (Å²) < 4.78 is 8.20. The molecule has 1 heterocycles. The molecule has 0 spiro atoms. The summed E-state index contributed by atoms with van der Waals surface area (Å²) in [7, 11) is 0.